The van der Waals surface area contributed by atoms with Gasteiger partial charge in [-0.3, -0.25) is 4.79 Å². The molecule has 0 atom stereocenters. The van der Waals surface area contributed by atoms with E-state index in [2.05, 4.69) is 21.6 Å². The van der Waals surface area contributed by atoms with E-state index in [9.17, 15) is 9.59 Å². The summed E-state index contributed by atoms with van der Waals surface area (Å²) in [7, 11) is 1.25. The third kappa shape index (κ3) is 4.32. The van der Waals surface area contributed by atoms with Crippen molar-refractivity contribution in [3.05, 3.63) is 23.4 Å². The SMILES string of the molecule is CCOC(=O)CC#Cc1cnc(N)c(C(=O)OC)c1. The molecule has 19 heavy (non-hydrogen) atoms. The summed E-state index contributed by atoms with van der Waals surface area (Å²) in [6, 6.07) is 1.46. The Bertz CT molecular complexity index is 543. The molecule has 0 spiro atoms. The number of pyridine rings is 1. The van der Waals surface area contributed by atoms with Crippen LogP contribution in [0.1, 0.15) is 29.3 Å². The third-order valence-corrected chi connectivity index (χ3v) is 2.09. The highest BCUT2D eigenvalue weighted by molar-refractivity contribution is 5.94. The molecular formula is C13H14N2O4. The Balaban J connectivity index is 2.83. The number of nitrogen functional groups attached to an aromatic ring is 1. The highest BCUT2D eigenvalue weighted by Gasteiger charge is 2.11. The lowest BCUT2D eigenvalue weighted by Gasteiger charge is -2.02. The zero-order valence-corrected chi connectivity index (χ0v) is 10.7. The molecule has 6 heteroatoms. The predicted octanol–water partition coefficient (Wildman–Crippen LogP) is 0.755. The van der Waals surface area contributed by atoms with Crippen LogP contribution < -0.4 is 5.73 Å². The molecule has 0 fully saturated rings. The lowest BCUT2D eigenvalue weighted by Crippen LogP contribution is -2.07. The second-order valence-corrected chi connectivity index (χ2v) is 3.43. The molecule has 0 saturated carbocycles. The Morgan fingerprint density at radius 3 is 2.84 bits per heavy atom. The van der Waals surface area contributed by atoms with Crippen molar-refractivity contribution in [2.75, 3.05) is 19.5 Å². The second kappa shape index (κ2) is 7.01. The Morgan fingerprint density at radius 2 is 2.21 bits per heavy atom. The summed E-state index contributed by atoms with van der Waals surface area (Å²) in [5, 5.41) is 0. The van der Waals surface area contributed by atoms with Gasteiger partial charge >= 0.3 is 11.9 Å². The van der Waals surface area contributed by atoms with Crippen LogP contribution in [0.3, 0.4) is 0 Å². The van der Waals surface area contributed by atoms with E-state index in [1.807, 2.05) is 0 Å². The van der Waals surface area contributed by atoms with Gasteiger partial charge in [-0.25, -0.2) is 9.78 Å². The minimum absolute atomic E-state index is 0.0220. The first-order chi connectivity index (χ1) is 9.08. The number of methoxy groups -OCH3 is 1. The number of rotatable bonds is 3. The van der Waals surface area contributed by atoms with Gasteiger partial charge in [-0.2, -0.15) is 0 Å². The number of anilines is 1. The van der Waals surface area contributed by atoms with Crippen LogP contribution in [0.5, 0.6) is 0 Å². The normalized spacial score (nSPS) is 9.16. The van der Waals surface area contributed by atoms with E-state index in [0.29, 0.717) is 12.2 Å². The molecule has 0 amide bonds. The van der Waals surface area contributed by atoms with Gasteiger partial charge in [0.1, 0.15) is 17.8 Å². The number of carbonyl (C=O) groups excluding carboxylic acids is 2. The average molecular weight is 262 g/mol. The molecule has 1 aromatic rings. The maximum absolute atomic E-state index is 11.4. The topological polar surface area (TPSA) is 91.5 Å². The van der Waals surface area contributed by atoms with Gasteiger partial charge in [0, 0.05) is 11.8 Å². The van der Waals surface area contributed by atoms with E-state index in [4.69, 9.17) is 10.5 Å². The van der Waals surface area contributed by atoms with Crippen molar-refractivity contribution in [1.29, 1.82) is 0 Å². The van der Waals surface area contributed by atoms with Crippen LogP contribution in [0, 0.1) is 11.8 Å². The van der Waals surface area contributed by atoms with E-state index in [0.717, 1.165) is 0 Å². The van der Waals surface area contributed by atoms with Crippen LogP contribution in [0.4, 0.5) is 5.82 Å². The van der Waals surface area contributed by atoms with E-state index in [1.165, 1.54) is 19.4 Å². The molecule has 0 saturated heterocycles. The molecule has 0 bridgehead atoms. The molecule has 0 radical (unpaired) electrons. The van der Waals surface area contributed by atoms with Crippen LogP contribution in [0.15, 0.2) is 12.3 Å². The van der Waals surface area contributed by atoms with Gasteiger partial charge < -0.3 is 15.2 Å². The quantitative estimate of drug-likeness (QED) is 0.638. The zero-order valence-electron chi connectivity index (χ0n) is 10.7. The lowest BCUT2D eigenvalue weighted by molar-refractivity contribution is -0.141. The van der Waals surface area contributed by atoms with Crippen molar-refractivity contribution < 1.29 is 19.1 Å². The highest BCUT2D eigenvalue weighted by Crippen LogP contribution is 2.11. The Kier molecular flexibility index (Phi) is 5.35. The second-order valence-electron chi connectivity index (χ2n) is 3.43. The van der Waals surface area contributed by atoms with Gasteiger partial charge in [0.15, 0.2) is 0 Å². The molecule has 2 N–H and O–H groups in total. The van der Waals surface area contributed by atoms with Crippen molar-refractivity contribution >= 4 is 17.8 Å². The number of ether oxygens (including phenoxy) is 2. The number of esters is 2. The number of nitrogens with zero attached hydrogens (tertiary/aromatic N) is 1. The summed E-state index contributed by atoms with van der Waals surface area (Å²) in [4.78, 5) is 26.3. The van der Waals surface area contributed by atoms with Gasteiger partial charge in [0.2, 0.25) is 0 Å². The summed E-state index contributed by atoms with van der Waals surface area (Å²) < 4.78 is 9.29. The maximum atomic E-state index is 11.4. The highest BCUT2D eigenvalue weighted by atomic mass is 16.5. The van der Waals surface area contributed by atoms with Crippen LogP contribution in [-0.2, 0) is 14.3 Å². The molecule has 1 rings (SSSR count). The first-order valence-electron chi connectivity index (χ1n) is 5.56. The van der Waals surface area contributed by atoms with Crippen LogP contribution in [0.25, 0.3) is 0 Å². The molecule has 100 valence electrons. The fraction of sp³-hybridized carbons (Fsp3) is 0.308. The van der Waals surface area contributed by atoms with Gasteiger partial charge in [-0.1, -0.05) is 11.8 Å². The van der Waals surface area contributed by atoms with Crippen molar-refractivity contribution in [1.82, 2.24) is 4.98 Å². The van der Waals surface area contributed by atoms with Crippen molar-refractivity contribution in [2.45, 2.75) is 13.3 Å². The number of hydrogen-bond donors (Lipinski definition) is 1. The Morgan fingerprint density at radius 1 is 1.47 bits per heavy atom. The monoisotopic (exact) mass is 262 g/mol. The minimum atomic E-state index is -0.584. The van der Waals surface area contributed by atoms with Gasteiger partial charge in [0.05, 0.1) is 13.7 Å². The van der Waals surface area contributed by atoms with Crippen LogP contribution in [0.2, 0.25) is 0 Å². The summed E-state index contributed by atoms with van der Waals surface area (Å²) >= 11 is 0. The van der Waals surface area contributed by atoms with E-state index in [-0.39, 0.29) is 17.8 Å². The molecule has 0 aliphatic rings. The van der Waals surface area contributed by atoms with Crippen molar-refractivity contribution in [3.8, 4) is 11.8 Å². The number of hydrogen-bond acceptors (Lipinski definition) is 6. The molecule has 1 heterocycles. The summed E-state index contributed by atoms with van der Waals surface area (Å²) in [5.41, 5.74) is 6.16. The van der Waals surface area contributed by atoms with Crippen LogP contribution >= 0.6 is 0 Å². The van der Waals surface area contributed by atoms with Crippen molar-refractivity contribution in [2.24, 2.45) is 0 Å². The zero-order chi connectivity index (χ0) is 14.3. The maximum Gasteiger partial charge on any atom is 0.341 e. The smallest absolute Gasteiger partial charge is 0.341 e. The third-order valence-electron chi connectivity index (χ3n) is 2.09. The minimum Gasteiger partial charge on any atom is -0.465 e. The largest absolute Gasteiger partial charge is 0.465 e. The number of aromatic nitrogens is 1. The predicted molar refractivity (Wildman–Crippen MR) is 68.1 cm³/mol. The summed E-state index contributed by atoms with van der Waals surface area (Å²) in [6.45, 7) is 2.04. The fourth-order valence-corrected chi connectivity index (χ4v) is 1.25. The fourth-order valence-electron chi connectivity index (χ4n) is 1.25. The molecular weight excluding hydrogens is 248 g/mol. The lowest BCUT2D eigenvalue weighted by atomic mass is 10.2. The first-order valence-corrected chi connectivity index (χ1v) is 5.56. The number of carbonyl (C=O) groups is 2. The van der Waals surface area contributed by atoms with E-state index < -0.39 is 11.9 Å². The average Bonchev–Trinajstić information content (AvgIpc) is 2.40. The summed E-state index contributed by atoms with van der Waals surface area (Å²) in [6.07, 6.45) is 1.39. The standard InChI is InChI=1S/C13H14N2O4/c1-3-19-11(16)6-4-5-9-7-10(13(17)18-2)12(14)15-8-9/h7-8H,3,6H2,1-2H3,(H2,14,15). The van der Waals surface area contributed by atoms with E-state index >= 15 is 0 Å². The van der Waals surface area contributed by atoms with Gasteiger partial charge in [0.25, 0.3) is 0 Å². The van der Waals surface area contributed by atoms with Gasteiger partial charge in [-0.05, 0) is 13.0 Å². The van der Waals surface area contributed by atoms with Crippen molar-refractivity contribution in [3.63, 3.8) is 0 Å². The van der Waals surface area contributed by atoms with Crippen LogP contribution in [-0.4, -0.2) is 30.6 Å². The molecule has 0 aliphatic carbocycles. The molecule has 0 aliphatic heterocycles. The first kappa shape index (κ1) is 14.5. The molecule has 6 nitrogen and oxygen atoms in total. The molecule has 1 aromatic heterocycles. The Labute approximate surface area is 110 Å². The van der Waals surface area contributed by atoms with Gasteiger partial charge in [-0.15, -0.1) is 0 Å². The summed E-state index contributed by atoms with van der Waals surface area (Å²) in [5.74, 6) is 4.43. The molecule has 0 unspecified atom stereocenters. The van der Waals surface area contributed by atoms with E-state index in [1.54, 1.807) is 6.92 Å². The molecule has 0 aromatic carbocycles. The number of nitrogens with two attached hydrogens (primary N) is 1. The Hall–Kier alpha value is -2.55.